The van der Waals surface area contributed by atoms with Gasteiger partial charge in [-0.3, -0.25) is 0 Å². The van der Waals surface area contributed by atoms with Crippen molar-refractivity contribution in [2.24, 2.45) is 0 Å². The summed E-state index contributed by atoms with van der Waals surface area (Å²) in [4.78, 5) is 12.2. The van der Waals surface area contributed by atoms with Crippen molar-refractivity contribution in [3.8, 4) is 5.75 Å². The lowest BCUT2D eigenvalue weighted by Gasteiger charge is -2.10. The SMILES string of the molecule is CCCCCCCCCc1ccc(OC(=O)c2ccc(CCC)cc2F)c(F)c1F. The summed E-state index contributed by atoms with van der Waals surface area (Å²) in [6.07, 6.45) is 9.58. The summed E-state index contributed by atoms with van der Waals surface area (Å²) in [5.74, 6) is -4.54. The highest BCUT2D eigenvalue weighted by Crippen LogP contribution is 2.25. The zero-order chi connectivity index (χ0) is 21.9. The monoisotopic (exact) mass is 420 g/mol. The van der Waals surface area contributed by atoms with E-state index < -0.39 is 29.2 Å². The number of aryl methyl sites for hydroxylation is 2. The Kier molecular flexibility index (Phi) is 9.92. The molecule has 0 radical (unpaired) electrons. The maximum Gasteiger partial charge on any atom is 0.346 e. The molecule has 0 aliphatic heterocycles. The topological polar surface area (TPSA) is 26.3 Å². The molecule has 0 fully saturated rings. The predicted molar refractivity (Wildman–Crippen MR) is 113 cm³/mol. The van der Waals surface area contributed by atoms with Crippen LogP contribution in [0.4, 0.5) is 13.2 Å². The standard InChI is InChI=1S/C25H31F3O2/c1-3-5-6-7-8-9-10-12-19-14-16-22(24(28)23(19)27)30-25(29)20-15-13-18(11-4-2)17-21(20)26/h13-17H,3-12H2,1-2H3. The molecule has 0 bridgehead atoms. The number of halogens is 3. The van der Waals surface area contributed by atoms with E-state index in [0.29, 0.717) is 12.8 Å². The Morgan fingerprint density at radius 1 is 0.800 bits per heavy atom. The Morgan fingerprint density at radius 3 is 2.17 bits per heavy atom. The third-order valence-electron chi connectivity index (χ3n) is 5.17. The molecule has 0 saturated heterocycles. The largest absolute Gasteiger partial charge is 0.420 e. The molecule has 2 nitrogen and oxygen atoms in total. The van der Waals surface area contributed by atoms with Gasteiger partial charge in [-0.1, -0.05) is 70.9 Å². The average molecular weight is 421 g/mol. The molecule has 0 spiro atoms. The molecule has 30 heavy (non-hydrogen) atoms. The second-order valence-electron chi connectivity index (χ2n) is 7.68. The van der Waals surface area contributed by atoms with E-state index >= 15 is 0 Å². The fourth-order valence-corrected chi connectivity index (χ4v) is 3.44. The van der Waals surface area contributed by atoms with Crippen LogP contribution in [0.1, 0.15) is 86.7 Å². The minimum Gasteiger partial charge on any atom is -0.420 e. The minimum atomic E-state index is -1.22. The zero-order valence-corrected chi connectivity index (χ0v) is 17.9. The van der Waals surface area contributed by atoms with Crippen LogP contribution < -0.4 is 4.74 Å². The van der Waals surface area contributed by atoms with Crippen LogP contribution in [0.15, 0.2) is 30.3 Å². The van der Waals surface area contributed by atoms with E-state index in [9.17, 15) is 18.0 Å². The first-order valence-electron chi connectivity index (χ1n) is 10.9. The summed E-state index contributed by atoms with van der Waals surface area (Å²) in [6, 6.07) is 6.87. The van der Waals surface area contributed by atoms with E-state index in [0.717, 1.165) is 37.7 Å². The summed E-state index contributed by atoms with van der Waals surface area (Å²) in [5.41, 5.74) is 0.719. The van der Waals surface area contributed by atoms with Crippen molar-refractivity contribution in [3.63, 3.8) is 0 Å². The molecule has 0 aliphatic rings. The summed E-state index contributed by atoms with van der Waals surface area (Å²) in [7, 11) is 0. The van der Waals surface area contributed by atoms with Gasteiger partial charge in [0.25, 0.3) is 0 Å². The summed E-state index contributed by atoms with van der Waals surface area (Å²) in [6.45, 7) is 4.13. The molecule has 0 amide bonds. The number of hydrogen-bond acceptors (Lipinski definition) is 2. The van der Waals surface area contributed by atoms with Gasteiger partial charge in [-0.2, -0.15) is 4.39 Å². The van der Waals surface area contributed by atoms with Gasteiger partial charge in [-0.05, 0) is 48.6 Å². The third kappa shape index (κ3) is 6.89. The number of esters is 1. The van der Waals surface area contributed by atoms with E-state index in [4.69, 9.17) is 4.74 Å². The van der Waals surface area contributed by atoms with Crippen LogP contribution in [0.25, 0.3) is 0 Å². The average Bonchev–Trinajstić information content (AvgIpc) is 2.72. The Labute approximate surface area is 177 Å². The van der Waals surface area contributed by atoms with Crippen molar-refractivity contribution in [1.82, 2.24) is 0 Å². The highest BCUT2D eigenvalue weighted by Gasteiger charge is 2.20. The third-order valence-corrected chi connectivity index (χ3v) is 5.17. The van der Waals surface area contributed by atoms with Gasteiger partial charge in [0.2, 0.25) is 5.82 Å². The molecule has 0 heterocycles. The molecule has 2 rings (SSSR count). The first-order chi connectivity index (χ1) is 14.5. The van der Waals surface area contributed by atoms with Crippen LogP contribution >= 0.6 is 0 Å². The second kappa shape index (κ2) is 12.4. The van der Waals surface area contributed by atoms with Crippen LogP contribution in [0.5, 0.6) is 5.75 Å². The summed E-state index contributed by atoms with van der Waals surface area (Å²) >= 11 is 0. The highest BCUT2D eigenvalue weighted by atomic mass is 19.2. The van der Waals surface area contributed by atoms with Crippen molar-refractivity contribution in [3.05, 3.63) is 64.5 Å². The van der Waals surface area contributed by atoms with Gasteiger partial charge in [0, 0.05) is 0 Å². The van der Waals surface area contributed by atoms with Crippen molar-refractivity contribution >= 4 is 5.97 Å². The molecule has 2 aromatic carbocycles. The molecule has 5 heteroatoms. The quantitative estimate of drug-likeness (QED) is 0.201. The minimum absolute atomic E-state index is 0.260. The van der Waals surface area contributed by atoms with Crippen molar-refractivity contribution < 1.29 is 22.7 Å². The van der Waals surface area contributed by atoms with Crippen LogP contribution in [0.3, 0.4) is 0 Å². The zero-order valence-electron chi connectivity index (χ0n) is 17.9. The predicted octanol–water partition coefficient (Wildman–Crippen LogP) is 7.57. The summed E-state index contributed by atoms with van der Waals surface area (Å²) in [5, 5.41) is 0. The lowest BCUT2D eigenvalue weighted by Crippen LogP contribution is -2.13. The van der Waals surface area contributed by atoms with E-state index in [1.54, 1.807) is 6.07 Å². The molecule has 0 unspecified atom stereocenters. The number of hydrogen-bond donors (Lipinski definition) is 0. The number of carbonyl (C=O) groups is 1. The lowest BCUT2D eigenvalue weighted by atomic mass is 10.0. The first kappa shape index (κ1) is 24.0. The molecular formula is C25H31F3O2. The fourth-order valence-electron chi connectivity index (χ4n) is 3.44. The van der Waals surface area contributed by atoms with Gasteiger partial charge in [0.1, 0.15) is 5.82 Å². The van der Waals surface area contributed by atoms with Gasteiger partial charge in [0.15, 0.2) is 11.6 Å². The van der Waals surface area contributed by atoms with E-state index in [1.165, 1.54) is 43.5 Å². The molecule has 2 aromatic rings. The van der Waals surface area contributed by atoms with E-state index in [2.05, 4.69) is 6.92 Å². The summed E-state index contributed by atoms with van der Waals surface area (Å²) < 4.78 is 47.8. The van der Waals surface area contributed by atoms with Gasteiger partial charge in [-0.25, -0.2) is 13.6 Å². The number of carbonyl (C=O) groups excluding carboxylic acids is 1. The lowest BCUT2D eigenvalue weighted by molar-refractivity contribution is 0.0721. The van der Waals surface area contributed by atoms with Gasteiger partial charge in [0.05, 0.1) is 5.56 Å². The van der Waals surface area contributed by atoms with Crippen molar-refractivity contribution in [2.75, 3.05) is 0 Å². The first-order valence-corrected chi connectivity index (χ1v) is 10.9. The highest BCUT2D eigenvalue weighted by molar-refractivity contribution is 5.91. The van der Waals surface area contributed by atoms with Gasteiger partial charge in [-0.15, -0.1) is 0 Å². The molecule has 0 aliphatic carbocycles. The number of benzene rings is 2. The Balaban J connectivity index is 1.95. The van der Waals surface area contributed by atoms with Crippen molar-refractivity contribution in [2.45, 2.75) is 78.1 Å². The molecule has 0 aromatic heterocycles. The maximum atomic E-state index is 14.4. The number of rotatable bonds is 12. The number of ether oxygens (including phenoxy) is 1. The van der Waals surface area contributed by atoms with Crippen molar-refractivity contribution in [1.29, 1.82) is 0 Å². The second-order valence-corrected chi connectivity index (χ2v) is 7.68. The molecule has 164 valence electrons. The molecule has 0 saturated carbocycles. The normalized spacial score (nSPS) is 11.0. The van der Waals surface area contributed by atoms with Gasteiger partial charge >= 0.3 is 5.97 Å². The van der Waals surface area contributed by atoms with Gasteiger partial charge < -0.3 is 4.74 Å². The Morgan fingerprint density at radius 2 is 1.50 bits per heavy atom. The van der Waals surface area contributed by atoms with Crippen LogP contribution in [-0.4, -0.2) is 5.97 Å². The smallest absolute Gasteiger partial charge is 0.346 e. The van der Waals surface area contributed by atoms with Crippen LogP contribution in [0.2, 0.25) is 0 Å². The fraction of sp³-hybridized carbons (Fsp3) is 0.480. The van der Waals surface area contributed by atoms with E-state index in [1.807, 2.05) is 6.92 Å². The maximum absolute atomic E-state index is 14.4. The Hall–Kier alpha value is -2.30. The van der Waals surface area contributed by atoms with Crippen LogP contribution in [0, 0.1) is 17.5 Å². The van der Waals surface area contributed by atoms with Crippen LogP contribution in [-0.2, 0) is 12.8 Å². The number of unbranched alkanes of at least 4 members (excludes halogenated alkanes) is 6. The molecular weight excluding hydrogens is 389 g/mol. The molecule has 0 N–H and O–H groups in total. The van der Waals surface area contributed by atoms with E-state index in [-0.39, 0.29) is 11.1 Å². The Bertz CT molecular complexity index is 833. The molecule has 0 atom stereocenters.